The summed E-state index contributed by atoms with van der Waals surface area (Å²) in [6, 6.07) is 9.44. The fraction of sp³-hybridized carbons (Fsp3) is 0. The zero-order chi connectivity index (χ0) is 5.11. The molecular weight excluding hydrogens is 118 g/mol. The molecule has 8 heavy (non-hydrogen) atoms. The van der Waals surface area contributed by atoms with Gasteiger partial charge in [0.2, 0.25) is 0 Å². The minimum absolute atomic E-state index is 0. The Labute approximate surface area is 56.1 Å². The maximum Gasteiger partial charge on any atom is 0.0405 e. The predicted molar refractivity (Wildman–Crippen MR) is 37.2 cm³/mol. The molecule has 0 aliphatic rings. The van der Waals surface area contributed by atoms with Gasteiger partial charge in [0.05, 0.1) is 0 Å². The van der Waals surface area contributed by atoms with E-state index < -0.39 is 0 Å². The zero-order valence-electron chi connectivity index (χ0n) is 4.34. The summed E-state index contributed by atoms with van der Waals surface area (Å²) in [5, 5.41) is 0.794. The standard InChI is InChI=1S/C6H5Cl.B/c7-6-4-2-1-3-5-6;/h1-5H;. The topological polar surface area (TPSA) is 0 Å². The third kappa shape index (κ3) is 2.03. The van der Waals surface area contributed by atoms with Crippen LogP contribution in [-0.4, -0.2) is 8.41 Å². The van der Waals surface area contributed by atoms with E-state index in [9.17, 15) is 0 Å². The Balaban J connectivity index is 0.000000490. The first-order valence-electron chi connectivity index (χ1n) is 2.10. The molecule has 0 amide bonds. The maximum absolute atomic E-state index is 5.54. The van der Waals surface area contributed by atoms with Crippen molar-refractivity contribution in [2.75, 3.05) is 0 Å². The molecule has 0 N–H and O–H groups in total. The van der Waals surface area contributed by atoms with Gasteiger partial charge in [-0.2, -0.15) is 0 Å². The van der Waals surface area contributed by atoms with E-state index in [1.807, 2.05) is 30.3 Å². The Morgan fingerprint density at radius 3 is 1.75 bits per heavy atom. The summed E-state index contributed by atoms with van der Waals surface area (Å²) in [4.78, 5) is 0. The van der Waals surface area contributed by atoms with Crippen molar-refractivity contribution in [3.63, 3.8) is 0 Å². The third-order valence-corrected chi connectivity index (χ3v) is 0.985. The molecule has 0 bridgehead atoms. The van der Waals surface area contributed by atoms with Crippen LogP contribution in [0.5, 0.6) is 0 Å². The molecule has 1 aromatic rings. The smallest absolute Gasteiger partial charge is 0.0405 e. The first-order valence-corrected chi connectivity index (χ1v) is 2.48. The average Bonchev–Trinajstić information content (AvgIpc) is 1.69. The van der Waals surface area contributed by atoms with Crippen LogP contribution in [0.3, 0.4) is 0 Å². The normalized spacial score (nSPS) is 7.62. The lowest BCUT2D eigenvalue weighted by atomic mass is 10.4. The molecular formula is C6H5BCl. The molecule has 0 aromatic heterocycles. The third-order valence-electron chi connectivity index (χ3n) is 0.733. The van der Waals surface area contributed by atoms with Crippen molar-refractivity contribution in [1.29, 1.82) is 0 Å². The fourth-order valence-corrected chi connectivity index (χ4v) is 0.560. The Morgan fingerprint density at radius 2 is 1.50 bits per heavy atom. The van der Waals surface area contributed by atoms with Crippen molar-refractivity contribution >= 4 is 20.0 Å². The predicted octanol–water partition coefficient (Wildman–Crippen LogP) is 1.96. The molecule has 0 atom stereocenters. The van der Waals surface area contributed by atoms with Crippen LogP contribution in [-0.2, 0) is 0 Å². The van der Waals surface area contributed by atoms with E-state index in [2.05, 4.69) is 0 Å². The second-order valence-electron chi connectivity index (χ2n) is 1.30. The van der Waals surface area contributed by atoms with E-state index in [1.165, 1.54) is 0 Å². The van der Waals surface area contributed by atoms with Gasteiger partial charge in [-0.05, 0) is 12.1 Å². The van der Waals surface area contributed by atoms with Crippen molar-refractivity contribution in [3.8, 4) is 0 Å². The fourth-order valence-electron chi connectivity index (χ4n) is 0.415. The molecule has 2 heteroatoms. The molecule has 0 aliphatic heterocycles. The lowest BCUT2D eigenvalue weighted by Gasteiger charge is -1.80. The first kappa shape index (κ1) is 7.57. The molecule has 1 rings (SSSR count). The van der Waals surface area contributed by atoms with Gasteiger partial charge in [0.25, 0.3) is 0 Å². The van der Waals surface area contributed by atoms with Crippen molar-refractivity contribution in [1.82, 2.24) is 0 Å². The lowest BCUT2D eigenvalue weighted by molar-refractivity contribution is 1.71. The van der Waals surface area contributed by atoms with Crippen LogP contribution < -0.4 is 0 Å². The Hall–Kier alpha value is -0.425. The molecule has 39 valence electrons. The Bertz CT molecular complexity index is 138. The largest absolute Gasteiger partial charge is 0.0843 e. The van der Waals surface area contributed by atoms with E-state index in [4.69, 9.17) is 11.6 Å². The molecule has 0 fully saturated rings. The van der Waals surface area contributed by atoms with Crippen LogP contribution in [0.2, 0.25) is 5.02 Å². The monoisotopic (exact) mass is 123 g/mol. The van der Waals surface area contributed by atoms with Gasteiger partial charge in [0, 0.05) is 13.4 Å². The van der Waals surface area contributed by atoms with Gasteiger partial charge in [-0.25, -0.2) is 0 Å². The van der Waals surface area contributed by atoms with Crippen LogP contribution in [0.25, 0.3) is 0 Å². The zero-order valence-corrected chi connectivity index (χ0v) is 5.10. The van der Waals surface area contributed by atoms with Gasteiger partial charge in [-0.3, -0.25) is 0 Å². The quantitative estimate of drug-likeness (QED) is 0.463. The highest BCUT2D eigenvalue weighted by Crippen LogP contribution is 2.03. The van der Waals surface area contributed by atoms with Gasteiger partial charge in [0.15, 0.2) is 0 Å². The molecule has 0 unspecified atom stereocenters. The lowest BCUT2D eigenvalue weighted by Crippen LogP contribution is -1.55. The number of hydrogen-bond donors (Lipinski definition) is 0. The summed E-state index contributed by atoms with van der Waals surface area (Å²) in [6.45, 7) is 0. The summed E-state index contributed by atoms with van der Waals surface area (Å²) in [5.41, 5.74) is 0. The summed E-state index contributed by atoms with van der Waals surface area (Å²) in [5.74, 6) is 0. The van der Waals surface area contributed by atoms with Gasteiger partial charge < -0.3 is 0 Å². The summed E-state index contributed by atoms with van der Waals surface area (Å²) in [7, 11) is 0. The molecule has 0 heterocycles. The highest BCUT2D eigenvalue weighted by Gasteiger charge is 1.74. The molecule has 0 saturated carbocycles. The van der Waals surface area contributed by atoms with Crippen molar-refractivity contribution in [3.05, 3.63) is 35.4 Å². The van der Waals surface area contributed by atoms with E-state index in [0.29, 0.717) is 0 Å². The van der Waals surface area contributed by atoms with Crippen molar-refractivity contribution in [2.24, 2.45) is 0 Å². The highest BCUT2D eigenvalue weighted by atomic mass is 35.5. The van der Waals surface area contributed by atoms with Gasteiger partial charge >= 0.3 is 0 Å². The second kappa shape index (κ2) is 3.56. The molecule has 0 nitrogen and oxygen atoms in total. The van der Waals surface area contributed by atoms with Crippen LogP contribution in [0, 0.1) is 0 Å². The van der Waals surface area contributed by atoms with E-state index in [-0.39, 0.29) is 8.41 Å². The van der Waals surface area contributed by atoms with Gasteiger partial charge in [0.1, 0.15) is 0 Å². The van der Waals surface area contributed by atoms with Crippen molar-refractivity contribution in [2.45, 2.75) is 0 Å². The minimum atomic E-state index is 0. The highest BCUT2D eigenvalue weighted by molar-refractivity contribution is 6.30. The molecule has 0 saturated heterocycles. The van der Waals surface area contributed by atoms with E-state index >= 15 is 0 Å². The van der Waals surface area contributed by atoms with Crippen LogP contribution >= 0.6 is 11.6 Å². The Morgan fingerprint density at radius 1 is 1.00 bits per heavy atom. The number of rotatable bonds is 0. The number of benzene rings is 1. The van der Waals surface area contributed by atoms with Crippen LogP contribution in [0.15, 0.2) is 30.3 Å². The molecule has 3 radical (unpaired) electrons. The molecule has 1 aromatic carbocycles. The van der Waals surface area contributed by atoms with E-state index in [0.717, 1.165) is 5.02 Å². The van der Waals surface area contributed by atoms with Gasteiger partial charge in [-0.15, -0.1) is 0 Å². The van der Waals surface area contributed by atoms with Crippen LogP contribution in [0.4, 0.5) is 0 Å². The number of halogens is 1. The summed E-state index contributed by atoms with van der Waals surface area (Å²) < 4.78 is 0. The van der Waals surface area contributed by atoms with E-state index in [1.54, 1.807) is 0 Å². The SMILES string of the molecule is Clc1ccccc1.[B]. The number of hydrogen-bond acceptors (Lipinski definition) is 0. The summed E-state index contributed by atoms with van der Waals surface area (Å²) in [6.07, 6.45) is 0. The summed E-state index contributed by atoms with van der Waals surface area (Å²) >= 11 is 5.54. The average molecular weight is 123 g/mol. The van der Waals surface area contributed by atoms with Crippen molar-refractivity contribution < 1.29 is 0 Å². The first-order chi connectivity index (χ1) is 3.39. The minimum Gasteiger partial charge on any atom is -0.0843 e. The second-order valence-corrected chi connectivity index (χ2v) is 1.73. The Kier molecular flexibility index (Phi) is 3.37. The molecule has 0 aliphatic carbocycles. The van der Waals surface area contributed by atoms with Crippen LogP contribution in [0.1, 0.15) is 0 Å². The maximum atomic E-state index is 5.54. The molecule has 0 spiro atoms. The van der Waals surface area contributed by atoms with Gasteiger partial charge in [-0.1, -0.05) is 29.8 Å².